The van der Waals surface area contributed by atoms with Crippen LogP contribution in [0.1, 0.15) is 24.6 Å². The molecule has 0 bridgehead atoms. The Kier molecular flexibility index (Phi) is 12.1. The molecule has 8 N–H and O–H groups in total. The summed E-state index contributed by atoms with van der Waals surface area (Å²) in [6.07, 6.45) is 3.88. The number of imidazole rings is 1. The van der Waals surface area contributed by atoms with Gasteiger partial charge in [0, 0.05) is 18.3 Å². The first kappa shape index (κ1) is 29.8. The number of thioether (sulfide) groups is 1. The molecule has 0 aliphatic rings. The van der Waals surface area contributed by atoms with Gasteiger partial charge < -0.3 is 36.9 Å². The number of H-pyrrole nitrogens is 1. The van der Waals surface area contributed by atoms with Crippen LogP contribution < -0.4 is 21.7 Å². The molecule has 12 nitrogen and oxygen atoms in total. The number of nitrogens with one attached hydrogen (secondary N) is 4. The molecule has 0 aliphatic heterocycles. The predicted octanol–water partition coefficient (Wildman–Crippen LogP) is -0.805. The number of carbonyl (C=O) groups excluding carboxylic acids is 3. The first-order valence-electron chi connectivity index (χ1n) is 11.7. The molecule has 37 heavy (non-hydrogen) atoms. The number of aliphatic hydroxyl groups excluding tert-OH is 1. The van der Waals surface area contributed by atoms with Crippen LogP contribution in [0, 0.1) is 0 Å². The average molecular weight is 535 g/mol. The zero-order chi connectivity index (χ0) is 27.4. The van der Waals surface area contributed by atoms with Gasteiger partial charge in [-0.3, -0.25) is 14.4 Å². The SMILES string of the molecule is CSCCC(NC(=O)C(N)Cc1ccccc1)C(=O)NC(Cc1cnc[nH]1)C(=O)NC(C(=O)O)C(C)O. The molecular formula is C24H34N6O6S. The number of rotatable bonds is 15. The number of nitrogens with two attached hydrogens (primary N) is 1. The number of aromatic amines is 1. The second-order valence-corrected chi connectivity index (χ2v) is 9.53. The van der Waals surface area contributed by atoms with E-state index in [0.29, 0.717) is 11.4 Å². The zero-order valence-corrected chi connectivity index (χ0v) is 21.5. The summed E-state index contributed by atoms with van der Waals surface area (Å²) in [4.78, 5) is 57.1. The van der Waals surface area contributed by atoms with Crippen LogP contribution in [0.25, 0.3) is 0 Å². The Hall–Kier alpha value is -3.42. The molecule has 202 valence electrons. The lowest BCUT2D eigenvalue weighted by Gasteiger charge is -2.25. The summed E-state index contributed by atoms with van der Waals surface area (Å²) in [6, 6.07) is 4.58. The third-order valence-electron chi connectivity index (χ3n) is 5.54. The largest absolute Gasteiger partial charge is 0.480 e. The molecule has 3 amide bonds. The number of amides is 3. The van der Waals surface area contributed by atoms with Gasteiger partial charge in [-0.1, -0.05) is 30.3 Å². The van der Waals surface area contributed by atoms with E-state index < -0.39 is 54.0 Å². The summed E-state index contributed by atoms with van der Waals surface area (Å²) in [5.41, 5.74) is 7.46. The molecule has 0 saturated heterocycles. The van der Waals surface area contributed by atoms with Gasteiger partial charge >= 0.3 is 5.97 Å². The molecule has 0 saturated carbocycles. The Bertz CT molecular complexity index is 1020. The minimum Gasteiger partial charge on any atom is -0.480 e. The van der Waals surface area contributed by atoms with Crippen molar-refractivity contribution in [2.45, 2.75) is 56.5 Å². The van der Waals surface area contributed by atoms with Crippen LogP contribution in [0.2, 0.25) is 0 Å². The van der Waals surface area contributed by atoms with Crippen LogP contribution in [-0.4, -0.2) is 86.2 Å². The number of aliphatic hydroxyl groups is 1. The average Bonchev–Trinajstić information content (AvgIpc) is 3.37. The lowest BCUT2D eigenvalue weighted by Crippen LogP contribution is -2.59. The van der Waals surface area contributed by atoms with Crippen molar-refractivity contribution < 1.29 is 29.4 Å². The minimum absolute atomic E-state index is 0.0273. The number of carboxylic acids is 1. The molecule has 0 radical (unpaired) electrons. The maximum absolute atomic E-state index is 13.2. The monoisotopic (exact) mass is 534 g/mol. The number of carboxylic acid groups (broad SMARTS) is 1. The van der Waals surface area contributed by atoms with Crippen LogP contribution in [0.4, 0.5) is 0 Å². The number of carbonyl (C=O) groups is 4. The van der Waals surface area contributed by atoms with Gasteiger partial charge in [0.05, 0.1) is 18.5 Å². The van der Waals surface area contributed by atoms with E-state index in [1.54, 1.807) is 0 Å². The van der Waals surface area contributed by atoms with Gasteiger partial charge in [-0.25, -0.2) is 9.78 Å². The summed E-state index contributed by atoms with van der Waals surface area (Å²) < 4.78 is 0. The van der Waals surface area contributed by atoms with Crippen molar-refractivity contribution in [1.82, 2.24) is 25.9 Å². The molecular weight excluding hydrogens is 500 g/mol. The quantitative estimate of drug-likeness (QED) is 0.153. The number of benzene rings is 1. The standard InChI is InChI=1S/C24H34N6O6S/c1-14(31)20(24(35)36)30-23(34)19(11-16-12-26-13-27-16)29-22(33)18(8-9-37-2)28-21(32)17(25)10-15-6-4-3-5-7-15/h3-7,12-14,17-20,31H,8-11,25H2,1-2H3,(H,26,27)(H,28,32)(H,29,33)(H,30,34)(H,35,36). The lowest BCUT2D eigenvalue weighted by atomic mass is 10.0. The number of aromatic nitrogens is 2. The van der Waals surface area contributed by atoms with E-state index in [-0.39, 0.29) is 19.3 Å². The van der Waals surface area contributed by atoms with Gasteiger partial charge in [-0.2, -0.15) is 11.8 Å². The van der Waals surface area contributed by atoms with E-state index in [2.05, 4.69) is 25.9 Å². The van der Waals surface area contributed by atoms with E-state index in [9.17, 15) is 29.4 Å². The third kappa shape index (κ3) is 9.86. The van der Waals surface area contributed by atoms with Crippen molar-refractivity contribution >= 4 is 35.5 Å². The second kappa shape index (κ2) is 15.0. The van der Waals surface area contributed by atoms with E-state index in [0.717, 1.165) is 5.56 Å². The highest BCUT2D eigenvalue weighted by Gasteiger charge is 2.32. The fourth-order valence-corrected chi connectivity index (χ4v) is 3.96. The highest BCUT2D eigenvalue weighted by Crippen LogP contribution is 2.07. The highest BCUT2D eigenvalue weighted by atomic mass is 32.2. The molecule has 2 rings (SSSR count). The minimum atomic E-state index is -1.57. The smallest absolute Gasteiger partial charge is 0.328 e. The molecule has 0 aliphatic carbocycles. The van der Waals surface area contributed by atoms with Crippen LogP contribution in [0.5, 0.6) is 0 Å². The van der Waals surface area contributed by atoms with E-state index >= 15 is 0 Å². The maximum atomic E-state index is 13.2. The van der Waals surface area contributed by atoms with Crippen molar-refractivity contribution in [2.75, 3.05) is 12.0 Å². The van der Waals surface area contributed by atoms with Crippen LogP contribution >= 0.6 is 11.8 Å². The molecule has 1 aromatic heterocycles. The Labute approximate surface area is 219 Å². The van der Waals surface area contributed by atoms with Crippen molar-refractivity contribution in [2.24, 2.45) is 5.73 Å². The maximum Gasteiger partial charge on any atom is 0.328 e. The van der Waals surface area contributed by atoms with Gasteiger partial charge in [-0.15, -0.1) is 0 Å². The Morgan fingerprint density at radius 1 is 1.03 bits per heavy atom. The third-order valence-corrected chi connectivity index (χ3v) is 6.18. The summed E-state index contributed by atoms with van der Waals surface area (Å²) in [7, 11) is 0. The Morgan fingerprint density at radius 2 is 1.68 bits per heavy atom. The van der Waals surface area contributed by atoms with Gasteiger partial charge in [0.15, 0.2) is 6.04 Å². The van der Waals surface area contributed by atoms with E-state index in [1.807, 2.05) is 36.6 Å². The fourth-order valence-electron chi connectivity index (χ4n) is 3.48. The van der Waals surface area contributed by atoms with Crippen molar-refractivity contribution in [3.05, 3.63) is 54.1 Å². The summed E-state index contributed by atoms with van der Waals surface area (Å²) in [5, 5.41) is 26.6. The molecule has 1 aromatic carbocycles. The van der Waals surface area contributed by atoms with Gasteiger partial charge in [-0.05, 0) is 37.3 Å². The van der Waals surface area contributed by atoms with E-state index in [1.165, 1.54) is 31.2 Å². The second-order valence-electron chi connectivity index (χ2n) is 8.55. The summed E-state index contributed by atoms with van der Waals surface area (Å²) in [5.74, 6) is -2.83. The van der Waals surface area contributed by atoms with Crippen molar-refractivity contribution in [3.8, 4) is 0 Å². The predicted molar refractivity (Wildman–Crippen MR) is 139 cm³/mol. The van der Waals surface area contributed by atoms with Gasteiger partial charge in [0.2, 0.25) is 17.7 Å². The summed E-state index contributed by atoms with van der Waals surface area (Å²) in [6.45, 7) is 1.23. The number of aliphatic carboxylic acids is 1. The first-order chi connectivity index (χ1) is 17.6. The molecule has 1 heterocycles. The lowest BCUT2D eigenvalue weighted by molar-refractivity contribution is -0.145. The van der Waals surface area contributed by atoms with Gasteiger partial charge in [0.1, 0.15) is 12.1 Å². The molecule has 0 fully saturated rings. The van der Waals surface area contributed by atoms with Crippen LogP contribution in [0.15, 0.2) is 42.9 Å². The fraction of sp³-hybridized carbons (Fsp3) is 0.458. The molecule has 5 atom stereocenters. The summed E-state index contributed by atoms with van der Waals surface area (Å²) >= 11 is 1.48. The number of nitrogens with zero attached hydrogens (tertiary/aromatic N) is 1. The first-order valence-corrected chi connectivity index (χ1v) is 13.1. The normalized spacial score (nSPS) is 15.0. The molecule has 5 unspecified atom stereocenters. The number of hydrogen-bond donors (Lipinski definition) is 7. The van der Waals surface area contributed by atoms with Gasteiger partial charge in [0.25, 0.3) is 0 Å². The van der Waals surface area contributed by atoms with Crippen LogP contribution in [0.3, 0.4) is 0 Å². The van der Waals surface area contributed by atoms with Crippen molar-refractivity contribution in [3.63, 3.8) is 0 Å². The van der Waals surface area contributed by atoms with Crippen LogP contribution in [-0.2, 0) is 32.0 Å². The molecule has 13 heteroatoms. The molecule has 2 aromatic rings. The Morgan fingerprint density at radius 3 is 2.24 bits per heavy atom. The molecule has 0 spiro atoms. The number of hydrogen-bond acceptors (Lipinski definition) is 8. The zero-order valence-electron chi connectivity index (χ0n) is 20.7. The highest BCUT2D eigenvalue weighted by molar-refractivity contribution is 7.98. The topological polar surface area (TPSA) is 200 Å². The Balaban J connectivity index is 2.15. The van der Waals surface area contributed by atoms with E-state index in [4.69, 9.17) is 5.73 Å². The van der Waals surface area contributed by atoms with Crippen molar-refractivity contribution in [1.29, 1.82) is 0 Å².